The van der Waals surface area contributed by atoms with Crippen molar-refractivity contribution >= 4 is 28.8 Å². The molecule has 2 heterocycles. The largest absolute Gasteiger partial charge is 0.464 e. The van der Waals surface area contributed by atoms with Crippen molar-refractivity contribution in [2.24, 2.45) is 10.4 Å². The number of aliphatic imine (C=N–C) groups is 1. The van der Waals surface area contributed by atoms with E-state index in [1.807, 2.05) is 81.1 Å². The molecule has 0 spiro atoms. The van der Waals surface area contributed by atoms with Gasteiger partial charge < -0.3 is 9.64 Å². The molecule has 37 heavy (non-hydrogen) atoms. The predicted octanol–water partition coefficient (Wildman–Crippen LogP) is 4.72. The number of H-pyrrole nitrogens is 1. The van der Waals surface area contributed by atoms with Gasteiger partial charge in [0.05, 0.1) is 6.61 Å². The number of aromatic nitrogens is 4. The lowest BCUT2D eigenvalue weighted by atomic mass is 9.96. The van der Waals surface area contributed by atoms with Crippen LogP contribution in [0.25, 0.3) is 22.5 Å². The summed E-state index contributed by atoms with van der Waals surface area (Å²) in [6, 6.07) is 15.5. The summed E-state index contributed by atoms with van der Waals surface area (Å²) in [7, 11) is 0. The molecular weight excluding hydrogens is 488 g/mol. The van der Waals surface area contributed by atoms with Gasteiger partial charge in [-0.15, -0.1) is 5.10 Å². The number of esters is 1. The van der Waals surface area contributed by atoms with Crippen LogP contribution in [-0.2, 0) is 20.9 Å². The Kier molecular flexibility index (Phi) is 8.06. The molecule has 0 radical (unpaired) electrons. The molecule has 0 aliphatic carbocycles. The van der Waals surface area contributed by atoms with Crippen molar-refractivity contribution in [2.45, 2.75) is 58.9 Å². The van der Waals surface area contributed by atoms with E-state index in [9.17, 15) is 9.59 Å². The first-order valence-corrected chi connectivity index (χ1v) is 13.3. The zero-order chi connectivity index (χ0) is 26.6. The van der Waals surface area contributed by atoms with Crippen molar-refractivity contribution < 1.29 is 14.3 Å². The fraction of sp³-hybridized carbons (Fsp3) is 0.407. The average molecular weight is 521 g/mol. The fourth-order valence-corrected chi connectivity index (χ4v) is 5.39. The second-order valence-corrected chi connectivity index (χ2v) is 11.0. The number of nitrogens with zero attached hydrogens (tertiary/aromatic N) is 5. The van der Waals surface area contributed by atoms with E-state index in [0.717, 1.165) is 28.7 Å². The summed E-state index contributed by atoms with van der Waals surface area (Å²) in [6.07, 6.45) is 0.750. The van der Waals surface area contributed by atoms with Crippen LogP contribution in [0.1, 0.15) is 46.6 Å². The van der Waals surface area contributed by atoms with Gasteiger partial charge in [-0.25, -0.2) is 9.89 Å². The number of carbonyl (C=O) groups is 2. The van der Waals surface area contributed by atoms with Crippen LogP contribution in [0.5, 0.6) is 0 Å². The van der Waals surface area contributed by atoms with E-state index >= 15 is 0 Å². The Hall–Kier alpha value is -3.53. The molecule has 0 saturated carbocycles. The van der Waals surface area contributed by atoms with Gasteiger partial charge in [-0.3, -0.25) is 4.79 Å². The fourth-order valence-electron chi connectivity index (χ4n) is 4.11. The molecule has 2 unspecified atom stereocenters. The third-order valence-corrected chi connectivity index (χ3v) is 7.54. The minimum atomic E-state index is -0.614. The first-order valence-electron chi connectivity index (χ1n) is 12.4. The molecular formula is C27H32N6O3S. The van der Waals surface area contributed by atoms with Gasteiger partial charge in [0.1, 0.15) is 6.04 Å². The van der Waals surface area contributed by atoms with E-state index in [0.29, 0.717) is 24.1 Å². The molecule has 4 rings (SSSR count). The van der Waals surface area contributed by atoms with E-state index in [4.69, 9.17) is 4.74 Å². The van der Waals surface area contributed by atoms with Crippen LogP contribution in [-0.4, -0.2) is 60.5 Å². The van der Waals surface area contributed by atoms with E-state index < -0.39 is 11.5 Å². The topological polar surface area (TPSA) is 113 Å². The summed E-state index contributed by atoms with van der Waals surface area (Å²) in [5.41, 5.74) is 3.29. The van der Waals surface area contributed by atoms with E-state index in [2.05, 4.69) is 25.6 Å². The molecule has 0 bridgehead atoms. The van der Waals surface area contributed by atoms with Gasteiger partial charge in [0.2, 0.25) is 0 Å². The number of ether oxygens (including phenoxy) is 1. The third-order valence-electron chi connectivity index (χ3n) is 6.11. The predicted molar refractivity (Wildman–Crippen MR) is 145 cm³/mol. The van der Waals surface area contributed by atoms with Gasteiger partial charge in [0, 0.05) is 22.8 Å². The number of benzene rings is 2. The Morgan fingerprint density at radius 3 is 2.38 bits per heavy atom. The SMILES string of the molecule is CCOC(=O)C1C(CC)SC(=NC(=O)C(C)(C)C)N1Cc1ccc(-c2ccccc2-c2nnn[nH]2)cc1. The number of amidine groups is 1. The third kappa shape index (κ3) is 5.90. The van der Waals surface area contributed by atoms with Gasteiger partial charge in [0.25, 0.3) is 5.91 Å². The molecule has 9 nitrogen and oxygen atoms in total. The summed E-state index contributed by atoms with van der Waals surface area (Å²) in [5, 5.41) is 14.8. The van der Waals surface area contributed by atoms with Gasteiger partial charge in [0.15, 0.2) is 11.0 Å². The summed E-state index contributed by atoms with van der Waals surface area (Å²) in [5.74, 6) is 0.0933. The van der Waals surface area contributed by atoms with Crippen molar-refractivity contribution in [3.8, 4) is 22.5 Å². The molecule has 2 aromatic carbocycles. The highest BCUT2D eigenvalue weighted by Crippen LogP contribution is 2.37. The highest BCUT2D eigenvalue weighted by atomic mass is 32.2. The number of thioether (sulfide) groups is 1. The van der Waals surface area contributed by atoms with Gasteiger partial charge >= 0.3 is 5.97 Å². The van der Waals surface area contributed by atoms with E-state index in [-0.39, 0.29) is 17.1 Å². The van der Waals surface area contributed by atoms with Crippen molar-refractivity contribution in [3.05, 3.63) is 54.1 Å². The second-order valence-electron chi connectivity index (χ2n) is 9.83. The van der Waals surface area contributed by atoms with Crippen LogP contribution in [0, 0.1) is 5.41 Å². The van der Waals surface area contributed by atoms with Crippen LogP contribution < -0.4 is 0 Å². The number of amides is 1. The molecule has 194 valence electrons. The zero-order valence-electron chi connectivity index (χ0n) is 21.8. The lowest BCUT2D eigenvalue weighted by Gasteiger charge is -2.27. The van der Waals surface area contributed by atoms with Gasteiger partial charge in [-0.1, -0.05) is 88.0 Å². The molecule has 1 amide bonds. The average Bonchev–Trinajstić information content (AvgIpc) is 3.53. The number of nitrogens with one attached hydrogen (secondary N) is 1. The monoisotopic (exact) mass is 520 g/mol. The molecule has 1 aromatic heterocycles. The van der Waals surface area contributed by atoms with E-state index in [1.165, 1.54) is 11.8 Å². The summed E-state index contributed by atoms with van der Waals surface area (Å²) in [6.45, 7) is 10.1. The molecule has 3 aromatic rings. The smallest absolute Gasteiger partial charge is 0.330 e. The number of hydrogen-bond acceptors (Lipinski definition) is 7. The van der Waals surface area contributed by atoms with Crippen molar-refractivity contribution in [3.63, 3.8) is 0 Å². The van der Waals surface area contributed by atoms with Crippen LogP contribution in [0.15, 0.2) is 53.5 Å². The van der Waals surface area contributed by atoms with Gasteiger partial charge in [-0.2, -0.15) is 4.99 Å². The molecule has 1 N–H and O–H groups in total. The van der Waals surface area contributed by atoms with Crippen molar-refractivity contribution in [1.82, 2.24) is 25.5 Å². The molecule has 1 aliphatic rings. The summed E-state index contributed by atoms with van der Waals surface area (Å²) >= 11 is 1.48. The molecule has 1 aliphatic heterocycles. The first kappa shape index (κ1) is 26.5. The van der Waals surface area contributed by atoms with E-state index in [1.54, 1.807) is 6.92 Å². The minimum Gasteiger partial charge on any atom is -0.464 e. The Morgan fingerprint density at radius 1 is 1.08 bits per heavy atom. The zero-order valence-corrected chi connectivity index (χ0v) is 22.6. The normalized spacial score (nSPS) is 18.8. The Balaban J connectivity index is 1.65. The molecule has 1 saturated heterocycles. The Morgan fingerprint density at radius 2 is 1.78 bits per heavy atom. The minimum absolute atomic E-state index is 0.0489. The summed E-state index contributed by atoms with van der Waals surface area (Å²) in [4.78, 5) is 32.2. The molecule has 1 fully saturated rings. The number of hydrogen-bond donors (Lipinski definition) is 1. The lowest BCUT2D eigenvalue weighted by molar-refractivity contribution is -0.148. The molecule has 10 heteroatoms. The maximum absolute atomic E-state index is 13.0. The van der Waals surface area contributed by atoms with Gasteiger partial charge in [-0.05, 0) is 40.5 Å². The highest BCUT2D eigenvalue weighted by molar-refractivity contribution is 8.14. The van der Waals surface area contributed by atoms with Crippen molar-refractivity contribution in [1.29, 1.82) is 0 Å². The quantitative estimate of drug-likeness (QED) is 0.445. The van der Waals surface area contributed by atoms with Crippen LogP contribution in [0.2, 0.25) is 0 Å². The standard InChI is InChI=1S/C27H32N6O3S/c1-6-21-22(24(34)36-7-2)33(26(37-21)28-25(35)27(3,4)5)16-17-12-14-18(15-13-17)19-10-8-9-11-20(19)23-29-31-32-30-23/h8-15,21-22H,6-7,16H2,1-5H3,(H,29,30,31,32). The van der Waals surface area contributed by atoms with Crippen LogP contribution in [0.4, 0.5) is 0 Å². The number of carbonyl (C=O) groups excluding carboxylic acids is 2. The highest BCUT2D eigenvalue weighted by Gasteiger charge is 2.44. The maximum atomic E-state index is 13.0. The van der Waals surface area contributed by atoms with Crippen LogP contribution >= 0.6 is 11.8 Å². The Bertz CT molecular complexity index is 1270. The number of rotatable bonds is 7. The Labute approximate surface area is 221 Å². The molecule has 2 atom stereocenters. The maximum Gasteiger partial charge on any atom is 0.330 e. The second kappa shape index (κ2) is 11.2. The number of tetrazole rings is 1. The first-order chi connectivity index (χ1) is 17.7. The lowest BCUT2D eigenvalue weighted by Crippen LogP contribution is -2.44. The van der Waals surface area contributed by atoms with Crippen LogP contribution in [0.3, 0.4) is 0 Å². The number of aromatic amines is 1. The summed E-state index contributed by atoms with van der Waals surface area (Å²) < 4.78 is 5.42. The van der Waals surface area contributed by atoms with Crippen molar-refractivity contribution in [2.75, 3.05) is 6.61 Å².